The van der Waals surface area contributed by atoms with Crippen molar-refractivity contribution in [1.82, 2.24) is 0 Å². The molecule has 0 saturated carbocycles. The topological polar surface area (TPSA) is 58.9 Å². The average molecular weight is 656 g/mol. The van der Waals surface area contributed by atoms with Gasteiger partial charge in [-0.2, -0.15) is 39.5 Å². The molecule has 15 heteroatoms. The number of rotatable bonds is 10. The second-order valence-electron chi connectivity index (χ2n) is 9.11. The number of benzene rings is 4. The second kappa shape index (κ2) is 13.8. The van der Waals surface area contributed by atoms with Gasteiger partial charge in [0.25, 0.3) is 0 Å². The SMILES string of the molecule is OB(O)c1ccc(Sc2ccccc2C(c2ccc(OC(F)=C(F)F)cc2)(c2ccc(OC(F)=C(F)F)cc2)C(F)(F)F)cc1. The van der Waals surface area contributed by atoms with Crippen LogP contribution in [-0.2, 0) is 5.41 Å². The van der Waals surface area contributed by atoms with E-state index in [9.17, 15) is 36.4 Å². The van der Waals surface area contributed by atoms with Gasteiger partial charge >= 0.3 is 37.5 Å². The Morgan fingerprint density at radius 3 is 1.44 bits per heavy atom. The molecule has 0 radical (unpaired) electrons. The highest BCUT2D eigenvalue weighted by molar-refractivity contribution is 7.99. The molecule has 0 unspecified atom stereocenters. The van der Waals surface area contributed by atoms with Gasteiger partial charge in [-0.3, -0.25) is 0 Å². The first kappa shape index (κ1) is 33.6. The van der Waals surface area contributed by atoms with Gasteiger partial charge in [-0.25, -0.2) is 0 Å². The molecular formula is C30H18BF9O4S. The van der Waals surface area contributed by atoms with Crippen LogP contribution in [0.2, 0.25) is 0 Å². The lowest BCUT2D eigenvalue weighted by molar-refractivity contribution is -0.167. The van der Waals surface area contributed by atoms with Crippen LogP contribution >= 0.6 is 11.8 Å². The monoisotopic (exact) mass is 656 g/mol. The van der Waals surface area contributed by atoms with Crippen molar-refractivity contribution in [2.45, 2.75) is 21.4 Å². The quantitative estimate of drug-likeness (QED) is 0.0780. The summed E-state index contributed by atoms with van der Waals surface area (Å²) in [5.41, 5.74) is -4.20. The summed E-state index contributed by atoms with van der Waals surface area (Å²) < 4.78 is 133. The van der Waals surface area contributed by atoms with Crippen LogP contribution in [0.25, 0.3) is 0 Å². The van der Waals surface area contributed by atoms with E-state index in [2.05, 4.69) is 9.47 Å². The number of hydrogen-bond donors (Lipinski definition) is 2. The molecule has 4 rings (SSSR count). The van der Waals surface area contributed by atoms with E-state index < -0.39 is 65.5 Å². The Labute approximate surface area is 254 Å². The minimum Gasteiger partial charge on any atom is -0.428 e. The fourth-order valence-electron chi connectivity index (χ4n) is 4.49. The van der Waals surface area contributed by atoms with E-state index >= 15 is 13.2 Å². The van der Waals surface area contributed by atoms with E-state index in [0.29, 0.717) is 4.90 Å². The molecule has 0 fully saturated rings. The van der Waals surface area contributed by atoms with Crippen molar-refractivity contribution in [3.05, 3.63) is 138 Å². The third kappa shape index (κ3) is 7.32. The fourth-order valence-corrected chi connectivity index (χ4v) is 5.49. The summed E-state index contributed by atoms with van der Waals surface area (Å²) in [5.74, 6) is -1.07. The van der Waals surface area contributed by atoms with Gasteiger partial charge in [0.1, 0.15) is 16.9 Å². The molecule has 0 aliphatic heterocycles. The highest BCUT2D eigenvalue weighted by Gasteiger charge is 2.59. The number of hydrogen-bond acceptors (Lipinski definition) is 5. The molecule has 234 valence electrons. The van der Waals surface area contributed by atoms with E-state index in [0.717, 1.165) is 60.3 Å². The Morgan fingerprint density at radius 1 is 0.600 bits per heavy atom. The van der Waals surface area contributed by atoms with Crippen molar-refractivity contribution in [3.63, 3.8) is 0 Å². The van der Waals surface area contributed by atoms with Gasteiger partial charge in [0, 0.05) is 9.79 Å². The normalized spacial score (nSPS) is 11.5. The highest BCUT2D eigenvalue weighted by Crippen LogP contribution is 2.54. The molecule has 45 heavy (non-hydrogen) atoms. The maximum absolute atomic E-state index is 15.7. The zero-order valence-corrected chi connectivity index (χ0v) is 23.2. The van der Waals surface area contributed by atoms with Crippen LogP contribution in [0.1, 0.15) is 16.7 Å². The standard InChI is InChI=1S/C30H18BF9O4S/c32-25(33)27(36)43-20-11-5-17(6-12-20)29(30(38,39)40,18-7-13-21(14-8-18)44-28(37)26(34)35)23-3-1-2-4-24(23)45-22-15-9-19(10-16-22)31(41)42/h1-16,41-42H. The third-order valence-corrected chi connectivity index (χ3v) is 7.49. The largest absolute Gasteiger partial charge is 0.488 e. The van der Waals surface area contributed by atoms with Crippen molar-refractivity contribution in [2.24, 2.45) is 0 Å². The van der Waals surface area contributed by atoms with Crippen LogP contribution in [0.4, 0.5) is 39.5 Å². The summed E-state index contributed by atoms with van der Waals surface area (Å²) >= 11 is 0.906. The van der Waals surface area contributed by atoms with Gasteiger partial charge in [-0.15, -0.1) is 0 Å². The fraction of sp³-hybridized carbons (Fsp3) is 0.0667. The molecule has 0 bridgehead atoms. The van der Waals surface area contributed by atoms with Gasteiger partial charge in [-0.05, 0) is 64.6 Å². The first-order valence-corrected chi connectivity index (χ1v) is 13.3. The van der Waals surface area contributed by atoms with Crippen molar-refractivity contribution in [3.8, 4) is 11.5 Å². The van der Waals surface area contributed by atoms with Crippen molar-refractivity contribution in [2.75, 3.05) is 0 Å². The van der Waals surface area contributed by atoms with E-state index in [1.54, 1.807) is 0 Å². The molecule has 2 N–H and O–H groups in total. The minimum atomic E-state index is -5.16. The van der Waals surface area contributed by atoms with Crippen molar-refractivity contribution < 1.29 is 59.0 Å². The molecule has 0 atom stereocenters. The molecule has 4 nitrogen and oxygen atoms in total. The second-order valence-corrected chi connectivity index (χ2v) is 10.2. The summed E-state index contributed by atoms with van der Waals surface area (Å²) in [6.45, 7) is 0. The van der Waals surface area contributed by atoms with E-state index in [1.807, 2.05) is 0 Å². The molecule has 0 spiro atoms. The van der Waals surface area contributed by atoms with E-state index in [1.165, 1.54) is 48.5 Å². The summed E-state index contributed by atoms with van der Waals surface area (Å²) in [4.78, 5) is 0.496. The van der Waals surface area contributed by atoms with Crippen molar-refractivity contribution in [1.29, 1.82) is 0 Å². The first-order valence-electron chi connectivity index (χ1n) is 12.5. The van der Waals surface area contributed by atoms with Gasteiger partial charge in [0.05, 0.1) is 0 Å². The van der Waals surface area contributed by atoms with Crippen LogP contribution in [0.15, 0.2) is 131 Å². The lowest BCUT2D eigenvalue weighted by Crippen LogP contribution is -2.45. The minimum absolute atomic E-state index is 0.0785. The first-order chi connectivity index (χ1) is 21.2. The van der Waals surface area contributed by atoms with Gasteiger partial charge in [-0.1, -0.05) is 66.4 Å². The molecule has 4 aromatic carbocycles. The summed E-state index contributed by atoms with van der Waals surface area (Å²) in [7, 11) is -1.77. The molecule has 0 aromatic heterocycles. The van der Waals surface area contributed by atoms with Crippen LogP contribution < -0.4 is 14.9 Å². The number of alkyl halides is 3. The van der Waals surface area contributed by atoms with Crippen LogP contribution in [0.3, 0.4) is 0 Å². The molecule has 4 aromatic rings. The summed E-state index contributed by atoms with van der Waals surface area (Å²) in [5, 5.41) is 18.7. The molecule has 0 heterocycles. The summed E-state index contributed by atoms with van der Waals surface area (Å²) in [6.07, 6.45) is -10.7. The maximum Gasteiger partial charge on any atom is 0.488 e. The molecule has 0 amide bonds. The molecule has 0 aliphatic rings. The highest BCUT2D eigenvalue weighted by atomic mass is 32.2. The third-order valence-electron chi connectivity index (χ3n) is 6.41. The Hall–Kier alpha value is -4.34. The smallest absolute Gasteiger partial charge is 0.428 e. The molecule has 0 aliphatic carbocycles. The average Bonchev–Trinajstić information content (AvgIpc) is 2.99. The predicted octanol–water partition coefficient (Wildman–Crippen LogP) is 8.24. The van der Waals surface area contributed by atoms with Crippen LogP contribution in [-0.4, -0.2) is 23.3 Å². The zero-order chi connectivity index (χ0) is 32.9. The van der Waals surface area contributed by atoms with Gasteiger partial charge in [0.15, 0.2) is 0 Å². The zero-order valence-electron chi connectivity index (χ0n) is 22.3. The lowest BCUT2D eigenvalue weighted by atomic mass is 9.68. The summed E-state index contributed by atoms with van der Waals surface area (Å²) in [6, 6.07) is 13.6. The maximum atomic E-state index is 15.7. The number of ether oxygens (including phenoxy) is 2. The Kier molecular flexibility index (Phi) is 10.3. The lowest BCUT2D eigenvalue weighted by Gasteiger charge is -2.38. The van der Waals surface area contributed by atoms with Gasteiger partial charge in [0.2, 0.25) is 0 Å². The van der Waals surface area contributed by atoms with E-state index in [4.69, 9.17) is 0 Å². The van der Waals surface area contributed by atoms with Crippen LogP contribution in [0, 0.1) is 0 Å². The van der Waals surface area contributed by atoms with Gasteiger partial charge < -0.3 is 19.5 Å². The van der Waals surface area contributed by atoms with Crippen LogP contribution in [0.5, 0.6) is 11.5 Å². The Balaban J connectivity index is 1.94. The Bertz CT molecular complexity index is 1620. The molecule has 0 saturated heterocycles. The number of halogens is 9. The predicted molar refractivity (Wildman–Crippen MR) is 148 cm³/mol. The molecular weight excluding hydrogens is 638 g/mol. The van der Waals surface area contributed by atoms with Crippen molar-refractivity contribution >= 4 is 24.3 Å². The van der Waals surface area contributed by atoms with E-state index in [-0.39, 0.29) is 15.9 Å². The Morgan fingerprint density at radius 2 is 1.04 bits per heavy atom.